The van der Waals surface area contributed by atoms with Crippen molar-refractivity contribution in [2.75, 3.05) is 27.2 Å². The normalized spacial score (nSPS) is 22.9. The fourth-order valence-corrected chi connectivity index (χ4v) is 1.10. The summed E-state index contributed by atoms with van der Waals surface area (Å²) in [6.45, 7) is 2.51. The Kier molecular flexibility index (Phi) is 1.86. The molecule has 1 aliphatic heterocycles. The number of hydrogen-bond acceptors (Lipinski definition) is 2. The summed E-state index contributed by atoms with van der Waals surface area (Å²) in [7, 11) is 4.20. The summed E-state index contributed by atoms with van der Waals surface area (Å²) in [6, 6.07) is 0. The second-order valence-electron chi connectivity index (χ2n) is 2.51. The molecule has 0 atom stereocenters. The molecule has 0 bridgehead atoms. The SMILES string of the molecule is CN(C)N1CCCC1. The molecule has 8 heavy (non-hydrogen) atoms. The van der Waals surface area contributed by atoms with E-state index in [-0.39, 0.29) is 0 Å². The smallest absolute Gasteiger partial charge is 0.0133 e. The fraction of sp³-hybridized carbons (Fsp3) is 1.00. The lowest BCUT2D eigenvalue weighted by atomic mass is 10.4. The molecule has 1 fully saturated rings. The predicted molar refractivity (Wildman–Crippen MR) is 34.5 cm³/mol. The van der Waals surface area contributed by atoms with E-state index >= 15 is 0 Å². The molecule has 0 saturated carbocycles. The molecule has 1 heterocycles. The third-order valence-corrected chi connectivity index (χ3v) is 1.65. The Hall–Kier alpha value is -0.0800. The van der Waals surface area contributed by atoms with Gasteiger partial charge in [-0.2, -0.15) is 0 Å². The molecule has 0 aromatic rings. The van der Waals surface area contributed by atoms with Crippen molar-refractivity contribution < 1.29 is 0 Å². The minimum Gasteiger partial charge on any atom is -0.248 e. The van der Waals surface area contributed by atoms with Crippen LogP contribution in [-0.4, -0.2) is 37.2 Å². The lowest BCUT2D eigenvalue weighted by Gasteiger charge is -2.22. The van der Waals surface area contributed by atoms with Crippen LogP contribution in [0.15, 0.2) is 0 Å². The van der Waals surface area contributed by atoms with Crippen molar-refractivity contribution in [2.45, 2.75) is 12.8 Å². The average Bonchev–Trinajstić information content (AvgIpc) is 2.12. The van der Waals surface area contributed by atoms with Crippen LogP contribution >= 0.6 is 0 Å². The molecule has 2 nitrogen and oxygen atoms in total. The minimum absolute atomic E-state index is 1.26. The van der Waals surface area contributed by atoms with Crippen molar-refractivity contribution in [3.8, 4) is 0 Å². The monoisotopic (exact) mass is 114 g/mol. The van der Waals surface area contributed by atoms with Crippen molar-refractivity contribution >= 4 is 0 Å². The van der Waals surface area contributed by atoms with Gasteiger partial charge in [-0.1, -0.05) is 0 Å². The molecule has 0 N–H and O–H groups in total. The van der Waals surface area contributed by atoms with Gasteiger partial charge in [0.25, 0.3) is 0 Å². The molecule has 0 radical (unpaired) electrons. The maximum atomic E-state index is 2.36. The van der Waals surface area contributed by atoms with Crippen LogP contribution in [0, 0.1) is 0 Å². The number of hydrogen-bond donors (Lipinski definition) is 0. The van der Waals surface area contributed by atoms with E-state index in [9.17, 15) is 0 Å². The van der Waals surface area contributed by atoms with Crippen LogP contribution in [0.2, 0.25) is 0 Å². The van der Waals surface area contributed by atoms with Crippen LogP contribution in [0.3, 0.4) is 0 Å². The van der Waals surface area contributed by atoms with Crippen molar-refractivity contribution in [1.82, 2.24) is 10.0 Å². The highest BCUT2D eigenvalue weighted by molar-refractivity contribution is 4.60. The summed E-state index contributed by atoms with van der Waals surface area (Å²) in [5.74, 6) is 0. The molecular formula is C6H14N2. The zero-order valence-electron chi connectivity index (χ0n) is 5.72. The Morgan fingerprint density at radius 1 is 1.12 bits per heavy atom. The van der Waals surface area contributed by atoms with Gasteiger partial charge in [-0.3, -0.25) is 0 Å². The van der Waals surface area contributed by atoms with Gasteiger partial charge >= 0.3 is 0 Å². The van der Waals surface area contributed by atoms with E-state index in [1.54, 1.807) is 0 Å². The van der Waals surface area contributed by atoms with Gasteiger partial charge < -0.3 is 0 Å². The topological polar surface area (TPSA) is 6.48 Å². The van der Waals surface area contributed by atoms with Gasteiger partial charge in [0.05, 0.1) is 0 Å². The molecule has 1 saturated heterocycles. The molecule has 1 aliphatic rings. The van der Waals surface area contributed by atoms with Crippen LogP contribution in [0.1, 0.15) is 12.8 Å². The lowest BCUT2D eigenvalue weighted by Crippen LogP contribution is -2.33. The minimum atomic E-state index is 1.26. The molecule has 2 heteroatoms. The Morgan fingerprint density at radius 2 is 1.62 bits per heavy atom. The quantitative estimate of drug-likeness (QED) is 0.491. The van der Waals surface area contributed by atoms with Crippen LogP contribution in [0.4, 0.5) is 0 Å². The maximum absolute atomic E-state index is 2.36. The van der Waals surface area contributed by atoms with Crippen molar-refractivity contribution in [2.24, 2.45) is 0 Å². The van der Waals surface area contributed by atoms with Crippen LogP contribution in [-0.2, 0) is 0 Å². The van der Waals surface area contributed by atoms with Crippen molar-refractivity contribution in [3.63, 3.8) is 0 Å². The van der Waals surface area contributed by atoms with Gasteiger partial charge in [-0.25, -0.2) is 10.0 Å². The van der Waals surface area contributed by atoms with Gasteiger partial charge in [0.2, 0.25) is 0 Å². The molecular weight excluding hydrogens is 100 g/mol. The number of hydrazine groups is 1. The highest BCUT2D eigenvalue weighted by Gasteiger charge is 2.11. The van der Waals surface area contributed by atoms with Gasteiger partial charge in [0, 0.05) is 27.2 Å². The van der Waals surface area contributed by atoms with Gasteiger partial charge in [-0.05, 0) is 12.8 Å². The van der Waals surface area contributed by atoms with E-state index in [0.717, 1.165) is 0 Å². The van der Waals surface area contributed by atoms with Gasteiger partial charge in [-0.15, -0.1) is 0 Å². The summed E-state index contributed by atoms with van der Waals surface area (Å²) in [5, 5.41) is 4.53. The largest absolute Gasteiger partial charge is 0.248 e. The maximum Gasteiger partial charge on any atom is 0.0133 e. The van der Waals surface area contributed by atoms with Crippen molar-refractivity contribution in [3.05, 3.63) is 0 Å². The summed E-state index contributed by atoms with van der Waals surface area (Å²) in [5.41, 5.74) is 0. The van der Waals surface area contributed by atoms with E-state index in [4.69, 9.17) is 0 Å². The Labute approximate surface area is 51.0 Å². The first-order chi connectivity index (χ1) is 3.80. The van der Waals surface area contributed by atoms with E-state index in [2.05, 4.69) is 24.1 Å². The highest BCUT2D eigenvalue weighted by atomic mass is 15.6. The summed E-state index contributed by atoms with van der Waals surface area (Å²) in [6.07, 6.45) is 2.75. The van der Waals surface area contributed by atoms with Crippen LogP contribution in [0.25, 0.3) is 0 Å². The molecule has 0 spiro atoms. The Balaban J connectivity index is 2.24. The van der Waals surface area contributed by atoms with Crippen LogP contribution < -0.4 is 0 Å². The van der Waals surface area contributed by atoms with Gasteiger partial charge in [0.1, 0.15) is 0 Å². The summed E-state index contributed by atoms with van der Waals surface area (Å²) < 4.78 is 0. The van der Waals surface area contributed by atoms with E-state index < -0.39 is 0 Å². The van der Waals surface area contributed by atoms with E-state index in [0.29, 0.717) is 0 Å². The van der Waals surface area contributed by atoms with Gasteiger partial charge in [0.15, 0.2) is 0 Å². The van der Waals surface area contributed by atoms with Crippen LogP contribution in [0.5, 0.6) is 0 Å². The molecule has 0 aromatic carbocycles. The van der Waals surface area contributed by atoms with Crippen molar-refractivity contribution in [1.29, 1.82) is 0 Å². The third-order valence-electron chi connectivity index (χ3n) is 1.65. The molecule has 0 unspecified atom stereocenters. The first kappa shape index (κ1) is 6.05. The fourth-order valence-electron chi connectivity index (χ4n) is 1.10. The Bertz CT molecular complexity index is 64.9. The zero-order chi connectivity index (χ0) is 5.98. The predicted octanol–water partition coefficient (Wildman–Crippen LogP) is 0.559. The third kappa shape index (κ3) is 1.20. The molecule has 48 valence electrons. The first-order valence-corrected chi connectivity index (χ1v) is 3.23. The zero-order valence-corrected chi connectivity index (χ0v) is 5.72. The first-order valence-electron chi connectivity index (χ1n) is 3.23. The standard InChI is InChI=1S/C6H14N2/c1-7(2)8-5-3-4-6-8/h3-6H2,1-2H3. The average molecular weight is 114 g/mol. The second kappa shape index (κ2) is 2.46. The van der Waals surface area contributed by atoms with E-state index in [1.807, 2.05) is 0 Å². The molecule has 0 aromatic heterocycles. The highest BCUT2D eigenvalue weighted by Crippen LogP contribution is 2.06. The molecule has 0 amide bonds. The molecule has 1 rings (SSSR count). The lowest BCUT2D eigenvalue weighted by molar-refractivity contribution is 0.0538. The van der Waals surface area contributed by atoms with E-state index in [1.165, 1.54) is 25.9 Å². The molecule has 0 aliphatic carbocycles. The summed E-state index contributed by atoms with van der Waals surface area (Å²) in [4.78, 5) is 0. The number of nitrogens with zero attached hydrogens (tertiary/aromatic N) is 2. The second-order valence-corrected chi connectivity index (χ2v) is 2.51. The Morgan fingerprint density at radius 3 is 1.88 bits per heavy atom. The summed E-state index contributed by atoms with van der Waals surface area (Å²) >= 11 is 0. The number of rotatable bonds is 1.